The highest BCUT2D eigenvalue weighted by Gasteiger charge is 2.43. The Morgan fingerprint density at radius 2 is 2.30 bits per heavy atom. The van der Waals surface area contributed by atoms with E-state index in [9.17, 15) is 9.18 Å². The first-order valence-corrected chi connectivity index (χ1v) is 3.20. The number of aliphatic hydroxyl groups is 1. The van der Waals surface area contributed by atoms with E-state index >= 15 is 0 Å². The molecule has 10 heavy (non-hydrogen) atoms. The zero-order chi connectivity index (χ0) is 7.61. The van der Waals surface area contributed by atoms with Crippen molar-refractivity contribution >= 4 is 5.91 Å². The van der Waals surface area contributed by atoms with Crippen molar-refractivity contribution in [2.24, 2.45) is 0 Å². The van der Waals surface area contributed by atoms with Crippen LogP contribution in [0.5, 0.6) is 0 Å². The van der Waals surface area contributed by atoms with Gasteiger partial charge in [0.25, 0.3) is 0 Å². The summed E-state index contributed by atoms with van der Waals surface area (Å²) in [7, 11) is 0. The summed E-state index contributed by atoms with van der Waals surface area (Å²) in [5.74, 6) is -0.491. The molecule has 0 aromatic rings. The average Bonchev–Trinajstić information content (AvgIpc) is 2.70. The van der Waals surface area contributed by atoms with Gasteiger partial charge in [-0.1, -0.05) is 0 Å². The summed E-state index contributed by atoms with van der Waals surface area (Å²) in [5.41, 5.74) is -0.611. The van der Waals surface area contributed by atoms with Gasteiger partial charge in [0.05, 0.1) is 5.54 Å². The predicted molar refractivity (Wildman–Crippen MR) is 33.2 cm³/mol. The van der Waals surface area contributed by atoms with Crippen molar-refractivity contribution < 1.29 is 14.3 Å². The SMILES string of the molecule is O=C(CO)NC1(CF)CC1. The number of aliphatic hydroxyl groups excluding tert-OH is 1. The van der Waals surface area contributed by atoms with E-state index in [1.54, 1.807) is 0 Å². The monoisotopic (exact) mass is 147 g/mol. The number of carbonyl (C=O) groups is 1. The maximum Gasteiger partial charge on any atom is 0.246 e. The quantitative estimate of drug-likeness (QED) is 0.570. The molecule has 1 aliphatic carbocycles. The second-order valence-corrected chi connectivity index (χ2v) is 2.62. The van der Waals surface area contributed by atoms with E-state index < -0.39 is 24.7 Å². The van der Waals surface area contributed by atoms with Crippen LogP contribution in [0.1, 0.15) is 12.8 Å². The Bertz CT molecular complexity index is 145. The fourth-order valence-electron chi connectivity index (χ4n) is 0.778. The van der Waals surface area contributed by atoms with Crippen LogP contribution in [0.25, 0.3) is 0 Å². The normalized spacial score (nSPS) is 20.2. The van der Waals surface area contributed by atoms with Crippen molar-refractivity contribution in [1.29, 1.82) is 0 Å². The van der Waals surface area contributed by atoms with Gasteiger partial charge in [-0.3, -0.25) is 4.79 Å². The third-order valence-electron chi connectivity index (χ3n) is 1.66. The molecule has 0 unspecified atom stereocenters. The number of amides is 1. The van der Waals surface area contributed by atoms with Gasteiger partial charge >= 0.3 is 0 Å². The molecular weight excluding hydrogens is 137 g/mol. The molecule has 1 fully saturated rings. The molecule has 2 N–H and O–H groups in total. The average molecular weight is 147 g/mol. The Hall–Kier alpha value is -0.640. The number of rotatable bonds is 3. The minimum Gasteiger partial charge on any atom is -0.387 e. The van der Waals surface area contributed by atoms with E-state index in [1.807, 2.05) is 0 Å². The molecule has 1 saturated carbocycles. The van der Waals surface area contributed by atoms with Gasteiger partial charge in [0.15, 0.2) is 0 Å². The van der Waals surface area contributed by atoms with Gasteiger partial charge in [-0.2, -0.15) is 0 Å². The molecule has 3 nitrogen and oxygen atoms in total. The fraction of sp³-hybridized carbons (Fsp3) is 0.833. The summed E-state index contributed by atoms with van der Waals surface area (Å²) in [6.45, 7) is -1.08. The van der Waals surface area contributed by atoms with Crippen LogP contribution in [0, 0.1) is 0 Å². The largest absolute Gasteiger partial charge is 0.387 e. The van der Waals surface area contributed by atoms with Gasteiger partial charge in [0.2, 0.25) is 5.91 Å². The standard InChI is InChI=1S/C6H10FNO2/c7-4-6(1-2-6)8-5(10)3-9/h9H,1-4H2,(H,8,10). The Balaban J connectivity index is 2.30. The van der Waals surface area contributed by atoms with E-state index in [4.69, 9.17) is 5.11 Å². The molecule has 58 valence electrons. The molecule has 0 heterocycles. The number of hydrogen-bond donors (Lipinski definition) is 2. The van der Waals surface area contributed by atoms with Gasteiger partial charge in [-0.25, -0.2) is 4.39 Å². The first-order chi connectivity index (χ1) is 4.72. The van der Waals surface area contributed by atoms with Gasteiger partial charge in [0.1, 0.15) is 13.3 Å². The molecule has 0 spiro atoms. The lowest BCUT2D eigenvalue weighted by molar-refractivity contribution is -0.124. The third kappa shape index (κ3) is 1.44. The minimum atomic E-state index is -0.611. The summed E-state index contributed by atoms with van der Waals surface area (Å²) >= 11 is 0. The molecule has 0 aromatic carbocycles. The van der Waals surface area contributed by atoms with Gasteiger partial charge in [-0.15, -0.1) is 0 Å². The number of alkyl halides is 1. The zero-order valence-electron chi connectivity index (χ0n) is 5.56. The predicted octanol–water partition coefficient (Wildman–Crippen LogP) is -0.403. The van der Waals surface area contributed by atoms with Crippen LogP contribution in [0.15, 0.2) is 0 Å². The van der Waals surface area contributed by atoms with Crippen LogP contribution in [0.3, 0.4) is 0 Å². The Kier molecular flexibility index (Phi) is 1.89. The van der Waals surface area contributed by atoms with Crippen molar-refractivity contribution in [3.63, 3.8) is 0 Å². The summed E-state index contributed by atoms with van der Waals surface area (Å²) in [5, 5.41) is 10.7. The summed E-state index contributed by atoms with van der Waals surface area (Å²) in [6, 6.07) is 0. The molecule has 0 atom stereocenters. The molecule has 0 bridgehead atoms. The van der Waals surface area contributed by atoms with E-state index in [0.29, 0.717) is 12.8 Å². The van der Waals surface area contributed by atoms with Crippen LogP contribution in [-0.2, 0) is 4.79 Å². The van der Waals surface area contributed by atoms with E-state index in [-0.39, 0.29) is 0 Å². The topological polar surface area (TPSA) is 49.3 Å². The van der Waals surface area contributed by atoms with E-state index in [0.717, 1.165) is 0 Å². The van der Waals surface area contributed by atoms with Crippen LogP contribution in [-0.4, -0.2) is 29.8 Å². The lowest BCUT2D eigenvalue weighted by Crippen LogP contribution is -2.39. The van der Waals surface area contributed by atoms with Gasteiger partial charge < -0.3 is 10.4 Å². The number of nitrogens with one attached hydrogen (secondary N) is 1. The molecule has 1 amide bonds. The molecular formula is C6H10FNO2. The van der Waals surface area contributed by atoms with Crippen LogP contribution >= 0.6 is 0 Å². The Morgan fingerprint density at radius 3 is 2.60 bits per heavy atom. The highest BCUT2D eigenvalue weighted by molar-refractivity contribution is 5.78. The van der Waals surface area contributed by atoms with E-state index in [2.05, 4.69) is 5.32 Å². The van der Waals surface area contributed by atoms with Crippen LogP contribution < -0.4 is 5.32 Å². The summed E-state index contributed by atoms with van der Waals surface area (Å²) in [4.78, 5) is 10.5. The molecule has 0 saturated heterocycles. The molecule has 1 aliphatic rings. The van der Waals surface area contributed by atoms with Crippen LogP contribution in [0.4, 0.5) is 4.39 Å². The number of hydrogen-bond acceptors (Lipinski definition) is 2. The maximum absolute atomic E-state index is 12.0. The van der Waals surface area contributed by atoms with Crippen molar-refractivity contribution in [3.8, 4) is 0 Å². The minimum absolute atomic E-state index is 0.491. The highest BCUT2D eigenvalue weighted by Crippen LogP contribution is 2.35. The molecule has 0 radical (unpaired) electrons. The Labute approximate surface area is 58.2 Å². The number of halogens is 1. The number of carbonyl (C=O) groups excluding carboxylic acids is 1. The van der Waals surface area contributed by atoms with Gasteiger partial charge in [-0.05, 0) is 12.8 Å². The highest BCUT2D eigenvalue weighted by atomic mass is 19.1. The zero-order valence-corrected chi connectivity index (χ0v) is 5.56. The summed E-state index contributed by atoms with van der Waals surface area (Å²) < 4.78 is 12.0. The smallest absolute Gasteiger partial charge is 0.246 e. The summed E-state index contributed by atoms with van der Waals surface area (Å²) in [6.07, 6.45) is 1.38. The second kappa shape index (κ2) is 2.54. The molecule has 0 aliphatic heterocycles. The third-order valence-corrected chi connectivity index (χ3v) is 1.66. The van der Waals surface area contributed by atoms with Crippen molar-refractivity contribution in [2.75, 3.05) is 13.3 Å². The van der Waals surface area contributed by atoms with Crippen molar-refractivity contribution in [3.05, 3.63) is 0 Å². The van der Waals surface area contributed by atoms with Crippen molar-refractivity contribution in [1.82, 2.24) is 5.32 Å². The molecule has 0 aromatic heterocycles. The van der Waals surface area contributed by atoms with E-state index in [1.165, 1.54) is 0 Å². The first kappa shape index (κ1) is 7.47. The fourth-order valence-corrected chi connectivity index (χ4v) is 0.778. The van der Waals surface area contributed by atoms with Gasteiger partial charge in [0, 0.05) is 0 Å². The first-order valence-electron chi connectivity index (χ1n) is 3.20. The maximum atomic E-state index is 12.0. The van der Waals surface area contributed by atoms with Crippen LogP contribution in [0.2, 0.25) is 0 Å². The molecule has 4 heteroatoms. The lowest BCUT2D eigenvalue weighted by atomic mass is 10.3. The van der Waals surface area contributed by atoms with Crippen molar-refractivity contribution in [2.45, 2.75) is 18.4 Å². The lowest BCUT2D eigenvalue weighted by Gasteiger charge is -2.10. The Morgan fingerprint density at radius 1 is 1.70 bits per heavy atom. The molecule has 1 rings (SSSR count). The second-order valence-electron chi connectivity index (χ2n) is 2.62.